The van der Waals surface area contributed by atoms with Gasteiger partial charge < -0.3 is 19.4 Å². The highest BCUT2D eigenvalue weighted by molar-refractivity contribution is 6.04. The van der Waals surface area contributed by atoms with Gasteiger partial charge in [0.25, 0.3) is 11.5 Å². The maximum absolute atomic E-state index is 13.8. The first-order chi connectivity index (χ1) is 24.1. The summed E-state index contributed by atoms with van der Waals surface area (Å²) in [6.45, 7) is 0.780. The number of halogens is 2. The Balaban J connectivity index is 1.17. The molecule has 2 aromatic carbocycles. The Morgan fingerprint density at radius 1 is 1.10 bits per heavy atom. The third-order valence-electron chi connectivity index (χ3n) is 8.16. The highest BCUT2D eigenvalue weighted by Gasteiger charge is 2.28. The van der Waals surface area contributed by atoms with Crippen molar-refractivity contribution in [3.8, 4) is 28.6 Å². The molecule has 0 bridgehead atoms. The summed E-state index contributed by atoms with van der Waals surface area (Å²) >= 11 is 0. The van der Waals surface area contributed by atoms with E-state index < -0.39 is 23.1 Å². The average molecular weight is 676 g/mol. The molecule has 13 heteroatoms. The number of pyridine rings is 1. The van der Waals surface area contributed by atoms with Crippen LogP contribution in [0.15, 0.2) is 113 Å². The molecule has 0 saturated heterocycles. The lowest BCUT2D eigenvalue weighted by atomic mass is 9.87. The molecule has 1 amide bonds. The number of allylic oxidation sites excluding steroid dienone is 2. The molecule has 50 heavy (non-hydrogen) atoms. The van der Waals surface area contributed by atoms with E-state index in [1.807, 2.05) is 27.3 Å². The molecule has 0 saturated carbocycles. The van der Waals surface area contributed by atoms with E-state index in [1.165, 1.54) is 36.3 Å². The number of nitrogens with one attached hydrogen (secondary N) is 1. The fraction of sp³-hybridized carbons (Fsp3) is 0.162. The van der Waals surface area contributed by atoms with Crippen molar-refractivity contribution in [2.45, 2.75) is 12.3 Å². The summed E-state index contributed by atoms with van der Waals surface area (Å²) in [6.07, 6.45) is 13.7. The van der Waals surface area contributed by atoms with Gasteiger partial charge in [-0.25, -0.2) is 18.7 Å². The van der Waals surface area contributed by atoms with Crippen molar-refractivity contribution < 1.29 is 22.7 Å². The Morgan fingerprint density at radius 3 is 2.66 bits per heavy atom. The number of hydrogen-bond acceptors (Lipinski definition) is 8. The van der Waals surface area contributed by atoms with Crippen LogP contribution in [0, 0.1) is 11.6 Å². The molecular formula is C37H31F2N7O4. The maximum atomic E-state index is 13.8. The van der Waals surface area contributed by atoms with Crippen LogP contribution in [0.1, 0.15) is 28.3 Å². The summed E-state index contributed by atoms with van der Waals surface area (Å²) < 4.78 is 42.7. The molecule has 1 N–H and O–H groups in total. The molecule has 7 rings (SSSR count). The van der Waals surface area contributed by atoms with Gasteiger partial charge in [0.05, 0.1) is 17.4 Å². The summed E-state index contributed by atoms with van der Waals surface area (Å²) in [5.41, 5.74) is 2.86. The van der Waals surface area contributed by atoms with Gasteiger partial charge in [-0.3, -0.25) is 18.8 Å². The van der Waals surface area contributed by atoms with Crippen molar-refractivity contribution in [2.75, 3.05) is 26.0 Å². The van der Waals surface area contributed by atoms with Gasteiger partial charge >= 0.3 is 0 Å². The number of anilines is 1. The van der Waals surface area contributed by atoms with Crippen LogP contribution in [0.2, 0.25) is 0 Å². The highest BCUT2D eigenvalue weighted by atomic mass is 19.2. The van der Waals surface area contributed by atoms with Crippen molar-refractivity contribution >= 4 is 22.7 Å². The van der Waals surface area contributed by atoms with Gasteiger partial charge in [-0.2, -0.15) is 5.10 Å². The lowest BCUT2D eigenvalue weighted by molar-refractivity contribution is 0.102. The Kier molecular flexibility index (Phi) is 8.64. The zero-order valence-electron chi connectivity index (χ0n) is 27.3. The number of aryl methyl sites for hydroxylation is 1. The number of carbonyl (C=O) groups excluding carboxylic acids is 1. The minimum Gasteiger partial charge on any atom is -0.438 e. The molecule has 1 aliphatic rings. The van der Waals surface area contributed by atoms with E-state index in [0.29, 0.717) is 34.2 Å². The third-order valence-corrected chi connectivity index (χ3v) is 8.16. The zero-order chi connectivity index (χ0) is 34.9. The molecule has 252 valence electrons. The summed E-state index contributed by atoms with van der Waals surface area (Å²) in [5.74, 6) is -1.48. The topological polar surface area (TPSA) is 120 Å². The van der Waals surface area contributed by atoms with Crippen LogP contribution in [-0.4, -0.2) is 55.8 Å². The van der Waals surface area contributed by atoms with Crippen LogP contribution in [0.5, 0.6) is 11.6 Å². The van der Waals surface area contributed by atoms with E-state index in [-0.39, 0.29) is 17.2 Å². The van der Waals surface area contributed by atoms with Crippen LogP contribution in [0.25, 0.3) is 28.1 Å². The van der Waals surface area contributed by atoms with E-state index >= 15 is 0 Å². The van der Waals surface area contributed by atoms with Gasteiger partial charge in [-0.1, -0.05) is 18.2 Å². The van der Waals surface area contributed by atoms with E-state index in [4.69, 9.17) is 9.15 Å². The van der Waals surface area contributed by atoms with E-state index in [1.54, 1.807) is 35.1 Å². The van der Waals surface area contributed by atoms with E-state index in [2.05, 4.69) is 43.5 Å². The minimum absolute atomic E-state index is 0.0398. The normalized spacial score (nSPS) is 14.3. The standard InChI is InChI=1S/C37H31F2N7O4/c1-44(2)19-22-6-4-7-23(16-22)31-32-35(40-21-41-36(32)50-33(31)24-18-42-45(3)20-24)49-27-12-9-25(10-13-27)43-34(47)28-8-5-15-46(37(28)48)26-11-14-29(38)30(39)17-26/h4-6,8-18,20-21,23H,7,19H2,1-3H3,(H,43,47). The van der Waals surface area contributed by atoms with Crippen LogP contribution in [-0.2, 0) is 7.05 Å². The van der Waals surface area contributed by atoms with Gasteiger partial charge in [0.15, 0.2) is 11.6 Å². The molecule has 1 atom stereocenters. The molecule has 0 aliphatic heterocycles. The molecule has 6 aromatic rings. The number of benzene rings is 2. The van der Waals surface area contributed by atoms with Crippen molar-refractivity contribution in [1.29, 1.82) is 0 Å². The largest absolute Gasteiger partial charge is 0.438 e. The Hall–Kier alpha value is -6.21. The molecule has 1 aliphatic carbocycles. The third kappa shape index (κ3) is 6.45. The molecule has 4 aromatic heterocycles. The molecule has 1 unspecified atom stereocenters. The first-order valence-electron chi connectivity index (χ1n) is 15.7. The van der Waals surface area contributed by atoms with E-state index in [0.717, 1.165) is 40.8 Å². The highest BCUT2D eigenvalue weighted by Crippen LogP contribution is 2.44. The predicted octanol–water partition coefficient (Wildman–Crippen LogP) is 6.63. The number of aromatic nitrogens is 5. The number of likely N-dealkylation sites (N-methyl/N-ethyl adjacent to an activating group) is 1. The Morgan fingerprint density at radius 2 is 1.92 bits per heavy atom. The molecule has 0 fully saturated rings. The number of rotatable bonds is 9. The monoisotopic (exact) mass is 675 g/mol. The predicted molar refractivity (Wildman–Crippen MR) is 184 cm³/mol. The lowest BCUT2D eigenvalue weighted by Gasteiger charge is -2.20. The zero-order valence-corrected chi connectivity index (χ0v) is 27.3. The molecular weight excluding hydrogens is 644 g/mol. The minimum atomic E-state index is -1.11. The van der Waals surface area contributed by atoms with Crippen molar-refractivity contribution in [2.24, 2.45) is 7.05 Å². The number of fused-ring (bicyclic) bond motifs is 1. The average Bonchev–Trinajstić information content (AvgIpc) is 3.71. The van der Waals surface area contributed by atoms with Crippen molar-refractivity contribution in [3.05, 3.63) is 136 Å². The van der Waals surface area contributed by atoms with Crippen LogP contribution < -0.4 is 15.6 Å². The van der Waals surface area contributed by atoms with Crippen LogP contribution in [0.3, 0.4) is 0 Å². The number of hydrogen-bond donors (Lipinski definition) is 1. The first-order valence-corrected chi connectivity index (χ1v) is 15.7. The number of nitrogens with zero attached hydrogens (tertiary/aromatic N) is 6. The second-order valence-electron chi connectivity index (χ2n) is 12.1. The van der Waals surface area contributed by atoms with E-state index in [9.17, 15) is 18.4 Å². The van der Waals surface area contributed by atoms with Crippen molar-refractivity contribution in [1.82, 2.24) is 29.2 Å². The second kappa shape index (κ2) is 13.4. The second-order valence-corrected chi connectivity index (χ2v) is 12.1. The fourth-order valence-corrected chi connectivity index (χ4v) is 5.95. The van der Waals surface area contributed by atoms with Gasteiger partial charge in [-0.15, -0.1) is 0 Å². The smallest absolute Gasteiger partial charge is 0.267 e. The SMILES string of the molecule is CN(C)CC1=CC(c2c(-c3cnn(C)c3)oc3ncnc(Oc4ccc(NC(=O)c5cccn(-c6ccc(F)c(F)c6)c5=O)cc4)c23)CC=C1. The summed E-state index contributed by atoms with van der Waals surface area (Å²) in [4.78, 5) is 37.2. The number of furan rings is 1. The van der Waals surface area contributed by atoms with Gasteiger partial charge in [0, 0.05) is 49.2 Å². The van der Waals surface area contributed by atoms with Gasteiger partial charge in [0.2, 0.25) is 11.6 Å². The molecule has 11 nitrogen and oxygen atoms in total. The summed E-state index contributed by atoms with van der Waals surface area (Å²) in [6, 6.07) is 12.5. The molecule has 0 radical (unpaired) electrons. The van der Waals surface area contributed by atoms with Gasteiger partial charge in [-0.05, 0) is 74.6 Å². The van der Waals surface area contributed by atoms with Crippen LogP contribution in [0.4, 0.5) is 14.5 Å². The van der Waals surface area contributed by atoms with Crippen molar-refractivity contribution in [3.63, 3.8) is 0 Å². The number of ether oxygens (including phenoxy) is 1. The Bertz CT molecular complexity index is 2360. The molecule has 0 spiro atoms. The number of amides is 1. The quantitative estimate of drug-likeness (QED) is 0.181. The molecule has 4 heterocycles. The Labute approximate surface area is 284 Å². The lowest BCUT2D eigenvalue weighted by Crippen LogP contribution is -2.27. The van der Waals surface area contributed by atoms with Crippen LogP contribution >= 0.6 is 0 Å². The number of carbonyl (C=O) groups is 1. The maximum Gasteiger partial charge on any atom is 0.267 e. The van der Waals surface area contributed by atoms with Gasteiger partial charge in [0.1, 0.15) is 28.8 Å². The summed E-state index contributed by atoms with van der Waals surface area (Å²) in [5, 5.41) is 7.70. The first kappa shape index (κ1) is 32.3. The summed E-state index contributed by atoms with van der Waals surface area (Å²) in [7, 11) is 5.90. The fourth-order valence-electron chi connectivity index (χ4n) is 5.95.